The van der Waals surface area contributed by atoms with Crippen molar-refractivity contribution in [3.63, 3.8) is 0 Å². The van der Waals surface area contributed by atoms with E-state index in [1.165, 1.54) is 0 Å². The molecule has 0 spiro atoms. The van der Waals surface area contributed by atoms with Crippen LogP contribution in [0.5, 0.6) is 0 Å². The Hall–Kier alpha value is -1.73. The Morgan fingerprint density at radius 2 is 2.47 bits per heavy atom. The van der Waals surface area contributed by atoms with Gasteiger partial charge >= 0.3 is 0 Å². The molecule has 0 aliphatic rings. The highest BCUT2D eigenvalue weighted by atomic mass is 16.5. The molecule has 0 aliphatic heterocycles. The van der Waals surface area contributed by atoms with Gasteiger partial charge in [0.25, 0.3) is 0 Å². The molecule has 80 valence electrons. The van der Waals surface area contributed by atoms with Gasteiger partial charge in [-0.1, -0.05) is 5.16 Å². The van der Waals surface area contributed by atoms with Crippen LogP contribution in [0.1, 0.15) is 11.9 Å². The number of aliphatic hydroxyl groups excluding tert-OH is 1. The number of rotatable bonds is 3. The van der Waals surface area contributed by atoms with Crippen LogP contribution in [-0.2, 0) is 7.05 Å². The van der Waals surface area contributed by atoms with Crippen molar-refractivity contribution >= 4 is 0 Å². The highest BCUT2D eigenvalue weighted by molar-refractivity contribution is 5.46. The van der Waals surface area contributed by atoms with Gasteiger partial charge in [0.2, 0.25) is 11.7 Å². The summed E-state index contributed by atoms with van der Waals surface area (Å²) in [5, 5.41) is 16.6. The first-order valence-corrected chi connectivity index (χ1v) is 4.41. The summed E-state index contributed by atoms with van der Waals surface area (Å²) in [6.07, 6.45) is 1.78. The minimum atomic E-state index is -0.644. The van der Waals surface area contributed by atoms with Gasteiger partial charge in [-0.3, -0.25) is 4.68 Å². The first kappa shape index (κ1) is 9.81. The highest BCUT2D eigenvalue weighted by Gasteiger charge is 2.15. The summed E-state index contributed by atoms with van der Waals surface area (Å²) in [7, 11) is 1.80. The smallest absolute Gasteiger partial charge is 0.246 e. The fourth-order valence-electron chi connectivity index (χ4n) is 1.10. The van der Waals surface area contributed by atoms with Crippen molar-refractivity contribution in [3.05, 3.63) is 18.2 Å². The highest BCUT2D eigenvalue weighted by Crippen LogP contribution is 2.15. The molecule has 2 rings (SSSR count). The summed E-state index contributed by atoms with van der Waals surface area (Å²) in [6, 6.07) is 1.12. The van der Waals surface area contributed by atoms with Crippen LogP contribution in [0.3, 0.4) is 0 Å². The molecule has 0 saturated carbocycles. The number of hydrogen-bond acceptors (Lipinski definition) is 6. The average molecular weight is 209 g/mol. The van der Waals surface area contributed by atoms with E-state index in [1.807, 2.05) is 0 Å². The minimum Gasteiger partial charge on any atom is -0.394 e. The standard InChI is InChI=1S/C8H11N5O2/c1-13-3-2-6(11-13)7-10-8(15-12-7)5(9)4-14/h2-3,5,14H,4,9H2,1H3. The summed E-state index contributed by atoms with van der Waals surface area (Å²) >= 11 is 0. The minimum absolute atomic E-state index is 0.207. The Labute approximate surface area is 85.5 Å². The lowest BCUT2D eigenvalue weighted by atomic mass is 10.3. The molecule has 3 N–H and O–H groups in total. The lowest BCUT2D eigenvalue weighted by molar-refractivity contribution is 0.237. The van der Waals surface area contributed by atoms with Crippen molar-refractivity contribution < 1.29 is 9.63 Å². The van der Waals surface area contributed by atoms with Crippen LogP contribution < -0.4 is 5.73 Å². The molecule has 0 saturated heterocycles. The number of nitrogens with two attached hydrogens (primary N) is 1. The van der Waals surface area contributed by atoms with Crippen LogP contribution >= 0.6 is 0 Å². The number of aliphatic hydroxyl groups is 1. The molecule has 0 fully saturated rings. The Balaban J connectivity index is 2.27. The predicted molar refractivity (Wildman–Crippen MR) is 50.5 cm³/mol. The zero-order valence-electron chi connectivity index (χ0n) is 8.16. The van der Waals surface area contributed by atoms with E-state index >= 15 is 0 Å². The van der Waals surface area contributed by atoms with Gasteiger partial charge in [-0.25, -0.2) is 0 Å². The maximum absolute atomic E-state index is 8.80. The van der Waals surface area contributed by atoms with Crippen LogP contribution in [0.25, 0.3) is 11.5 Å². The van der Waals surface area contributed by atoms with Gasteiger partial charge in [-0.2, -0.15) is 10.1 Å². The molecule has 1 atom stereocenters. The van der Waals surface area contributed by atoms with Crippen molar-refractivity contribution in [1.29, 1.82) is 0 Å². The van der Waals surface area contributed by atoms with Crippen LogP contribution in [0.4, 0.5) is 0 Å². The SMILES string of the molecule is Cn1ccc(-c2noc(C(N)CO)n2)n1. The number of hydrogen-bond donors (Lipinski definition) is 2. The molecule has 2 aromatic rings. The molecule has 7 heteroatoms. The monoisotopic (exact) mass is 209 g/mol. The molecule has 2 heterocycles. The zero-order chi connectivity index (χ0) is 10.8. The Bertz CT molecular complexity index is 449. The second-order valence-electron chi connectivity index (χ2n) is 3.12. The molecular weight excluding hydrogens is 198 g/mol. The predicted octanol–water partition coefficient (Wildman–Crippen LogP) is -0.538. The van der Waals surface area contributed by atoms with Crippen molar-refractivity contribution in [3.8, 4) is 11.5 Å². The van der Waals surface area contributed by atoms with Crippen molar-refractivity contribution in [2.45, 2.75) is 6.04 Å². The van der Waals surface area contributed by atoms with Gasteiger partial charge in [0.15, 0.2) is 0 Å². The Morgan fingerprint density at radius 3 is 3.07 bits per heavy atom. The van der Waals surface area contributed by atoms with E-state index in [4.69, 9.17) is 15.4 Å². The molecular formula is C8H11N5O2. The van der Waals surface area contributed by atoms with Crippen molar-refractivity contribution in [2.75, 3.05) is 6.61 Å². The maximum atomic E-state index is 8.80. The van der Waals surface area contributed by atoms with Crippen LogP contribution in [0.2, 0.25) is 0 Å². The quantitative estimate of drug-likeness (QED) is 0.703. The van der Waals surface area contributed by atoms with E-state index in [1.54, 1.807) is 24.0 Å². The van der Waals surface area contributed by atoms with E-state index in [9.17, 15) is 0 Å². The molecule has 0 bridgehead atoms. The summed E-state index contributed by atoms with van der Waals surface area (Å²) in [4.78, 5) is 4.03. The summed E-state index contributed by atoms with van der Waals surface area (Å²) in [5.41, 5.74) is 6.13. The molecule has 15 heavy (non-hydrogen) atoms. The molecule has 7 nitrogen and oxygen atoms in total. The second-order valence-corrected chi connectivity index (χ2v) is 3.12. The second kappa shape index (κ2) is 3.79. The molecule has 0 amide bonds. The zero-order valence-corrected chi connectivity index (χ0v) is 8.16. The third kappa shape index (κ3) is 1.88. The molecule has 2 aromatic heterocycles. The van der Waals surface area contributed by atoms with Crippen LogP contribution in [-0.4, -0.2) is 31.6 Å². The first-order chi connectivity index (χ1) is 7.20. The lowest BCUT2D eigenvalue weighted by Crippen LogP contribution is -2.14. The topological polar surface area (TPSA) is 103 Å². The molecule has 1 unspecified atom stereocenters. The fraction of sp³-hybridized carbons (Fsp3) is 0.375. The van der Waals surface area contributed by atoms with Crippen molar-refractivity contribution in [1.82, 2.24) is 19.9 Å². The molecule has 0 radical (unpaired) electrons. The third-order valence-electron chi connectivity index (χ3n) is 1.90. The maximum Gasteiger partial charge on any atom is 0.246 e. The fourth-order valence-corrected chi connectivity index (χ4v) is 1.10. The largest absolute Gasteiger partial charge is 0.394 e. The van der Waals surface area contributed by atoms with Gasteiger partial charge in [-0.05, 0) is 6.07 Å². The Morgan fingerprint density at radius 1 is 1.67 bits per heavy atom. The van der Waals surface area contributed by atoms with Gasteiger partial charge in [0.05, 0.1) is 6.61 Å². The normalized spacial score (nSPS) is 13.0. The van der Waals surface area contributed by atoms with Gasteiger partial charge < -0.3 is 15.4 Å². The first-order valence-electron chi connectivity index (χ1n) is 4.41. The van der Waals surface area contributed by atoms with E-state index < -0.39 is 6.04 Å². The van der Waals surface area contributed by atoms with Crippen molar-refractivity contribution in [2.24, 2.45) is 12.8 Å². The van der Waals surface area contributed by atoms with Crippen LogP contribution in [0, 0.1) is 0 Å². The van der Waals surface area contributed by atoms with Gasteiger partial charge in [0, 0.05) is 13.2 Å². The summed E-state index contributed by atoms with van der Waals surface area (Å²) < 4.78 is 6.52. The van der Waals surface area contributed by atoms with E-state index in [-0.39, 0.29) is 12.5 Å². The average Bonchev–Trinajstić information content (AvgIpc) is 2.84. The molecule has 0 aliphatic carbocycles. The summed E-state index contributed by atoms with van der Waals surface area (Å²) in [5.74, 6) is 0.577. The Kier molecular flexibility index (Phi) is 2.48. The number of nitrogens with zero attached hydrogens (tertiary/aromatic N) is 4. The molecule has 0 aromatic carbocycles. The lowest BCUT2D eigenvalue weighted by Gasteiger charge is -1.98. The van der Waals surface area contributed by atoms with Gasteiger partial charge in [0.1, 0.15) is 11.7 Å². The van der Waals surface area contributed by atoms with Crippen LogP contribution in [0.15, 0.2) is 16.8 Å². The van der Waals surface area contributed by atoms with E-state index in [2.05, 4.69) is 15.2 Å². The van der Waals surface area contributed by atoms with Gasteiger partial charge in [-0.15, -0.1) is 0 Å². The number of aromatic nitrogens is 4. The number of aryl methyl sites for hydroxylation is 1. The summed E-state index contributed by atoms with van der Waals surface area (Å²) in [6.45, 7) is -0.232. The third-order valence-corrected chi connectivity index (χ3v) is 1.90. The van der Waals surface area contributed by atoms with E-state index in [0.717, 1.165) is 0 Å². The van der Waals surface area contributed by atoms with E-state index in [0.29, 0.717) is 11.5 Å².